The van der Waals surface area contributed by atoms with Crippen LogP contribution in [-0.2, 0) is 6.42 Å². The monoisotopic (exact) mass is 399 g/mol. The number of aryl methyl sites for hydroxylation is 3. The first kappa shape index (κ1) is 20.5. The van der Waals surface area contributed by atoms with Crippen LogP contribution in [0.25, 0.3) is 0 Å². The lowest BCUT2D eigenvalue weighted by Crippen LogP contribution is -2.42. The zero-order valence-electron chi connectivity index (χ0n) is 17.3. The van der Waals surface area contributed by atoms with Crippen LogP contribution in [-0.4, -0.2) is 34.8 Å². The second-order valence-electron chi connectivity index (χ2n) is 8.02. The summed E-state index contributed by atoms with van der Waals surface area (Å²) < 4.78 is 0. The molecule has 1 aliphatic rings. The van der Waals surface area contributed by atoms with Crippen LogP contribution >= 0.6 is 11.3 Å². The van der Waals surface area contributed by atoms with Gasteiger partial charge in [-0.15, -0.1) is 11.3 Å². The van der Waals surface area contributed by atoms with Gasteiger partial charge < -0.3 is 10.2 Å². The van der Waals surface area contributed by atoms with Crippen LogP contribution in [0.15, 0.2) is 18.2 Å². The minimum absolute atomic E-state index is 0.0381. The van der Waals surface area contributed by atoms with Crippen LogP contribution < -0.4 is 5.32 Å². The number of likely N-dealkylation sites (tertiary alicyclic amines) is 1. The molecule has 1 aromatic carbocycles. The van der Waals surface area contributed by atoms with E-state index in [9.17, 15) is 9.59 Å². The number of amides is 2. The predicted molar refractivity (Wildman–Crippen MR) is 114 cm³/mol. The molecule has 3 rings (SSSR count). The Morgan fingerprint density at radius 3 is 2.50 bits per heavy atom. The number of carbonyl (C=O) groups is 2. The van der Waals surface area contributed by atoms with Gasteiger partial charge in [-0.2, -0.15) is 0 Å². The van der Waals surface area contributed by atoms with Crippen LogP contribution in [0.1, 0.15) is 63.5 Å². The fourth-order valence-electron chi connectivity index (χ4n) is 3.89. The van der Waals surface area contributed by atoms with Crippen molar-refractivity contribution < 1.29 is 9.59 Å². The molecular weight excluding hydrogens is 370 g/mol. The van der Waals surface area contributed by atoms with E-state index in [1.54, 1.807) is 6.07 Å². The van der Waals surface area contributed by atoms with Gasteiger partial charge in [-0.1, -0.05) is 26.8 Å². The second kappa shape index (κ2) is 8.43. The fraction of sp³-hybridized carbons (Fsp3) is 0.500. The highest BCUT2D eigenvalue weighted by Crippen LogP contribution is 2.25. The molecule has 0 bridgehead atoms. The summed E-state index contributed by atoms with van der Waals surface area (Å²) in [6, 6.07) is 5.55. The largest absolute Gasteiger partial charge is 0.338 e. The van der Waals surface area contributed by atoms with Crippen LogP contribution in [0.3, 0.4) is 0 Å². The summed E-state index contributed by atoms with van der Waals surface area (Å²) in [7, 11) is 0. The van der Waals surface area contributed by atoms with E-state index in [0.29, 0.717) is 28.0 Å². The van der Waals surface area contributed by atoms with Crippen molar-refractivity contribution in [1.29, 1.82) is 0 Å². The summed E-state index contributed by atoms with van der Waals surface area (Å²) in [5, 5.41) is 3.94. The molecule has 2 heterocycles. The van der Waals surface area contributed by atoms with Gasteiger partial charge in [-0.05, 0) is 56.2 Å². The molecule has 5 nitrogen and oxygen atoms in total. The summed E-state index contributed by atoms with van der Waals surface area (Å²) in [6.07, 6.45) is 1.97. The molecule has 0 aliphatic carbocycles. The van der Waals surface area contributed by atoms with Crippen molar-refractivity contribution in [2.24, 2.45) is 11.8 Å². The molecular formula is C22H29N3O2S. The maximum atomic E-state index is 13.0. The lowest BCUT2D eigenvalue weighted by atomic mass is 9.91. The normalized spacial score (nSPS) is 19.5. The zero-order valence-corrected chi connectivity index (χ0v) is 18.2. The highest BCUT2D eigenvalue weighted by atomic mass is 32.1. The molecule has 0 saturated carbocycles. The molecule has 1 aliphatic heterocycles. The van der Waals surface area contributed by atoms with E-state index in [-0.39, 0.29) is 11.8 Å². The highest BCUT2D eigenvalue weighted by Gasteiger charge is 2.26. The Bertz CT molecular complexity index is 880. The number of rotatable bonds is 4. The molecule has 2 unspecified atom stereocenters. The van der Waals surface area contributed by atoms with Crippen LogP contribution in [0.4, 0.5) is 5.69 Å². The van der Waals surface area contributed by atoms with E-state index in [4.69, 9.17) is 0 Å². The quantitative estimate of drug-likeness (QED) is 0.811. The lowest BCUT2D eigenvalue weighted by molar-refractivity contribution is 0.0623. The lowest BCUT2D eigenvalue weighted by Gasteiger charge is -2.35. The topological polar surface area (TPSA) is 62.3 Å². The third kappa shape index (κ3) is 4.43. The first-order valence-electron chi connectivity index (χ1n) is 9.96. The van der Waals surface area contributed by atoms with Crippen molar-refractivity contribution in [3.63, 3.8) is 0 Å². The Balaban J connectivity index is 1.80. The Morgan fingerprint density at radius 2 is 1.89 bits per heavy atom. The summed E-state index contributed by atoms with van der Waals surface area (Å²) >= 11 is 1.43. The third-order valence-corrected chi connectivity index (χ3v) is 6.54. The molecule has 1 fully saturated rings. The van der Waals surface area contributed by atoms with Gasteiger partial charge >= 0.3 is 0 Å². The number of benzene rings is 1. The number of piperidine rings is 1. The molecule has 0 radical (unpaired) electrons. The Hall–Kier alpha value is -2.21. The summed E-state index contributed by atoms with van der Waals surface area (Å²) in [6.45, 7) is 11.8. The van der Waals surface area contributed by atoms with E-state index in [2.05, 4.69) is 24.1 Å². The van der Waals surface area contributed by atoms with Crippen LogP contribution in [0.5, 0.6) is 0 Å². The number of nitrogens with one attached hydrogen (secondary N) is 1. The molecule has 150 valence electrons. The molecule has 1 N–H and O–H groups in total. The van der Waals surface area contributed by atoms with E-state index in [1.165, 1.54) is 11.3 Å². The van der Waals surface area contributed by atoms with Gasteiger partial charge in [0.15, 0.2) is 0 Å². The third-order valence-electron chi connectivity index (χ3n) is 5.24. The molecule has 28 heavy (non-hydrogen) atoms. The summed E-state index contributed by atoms with van der Waals surface area (Å²) in [5.74, 6) is 0.900. The number of aromatic nitrogens is 1. The predicted octanol–water partition coefficient (Wildman–Crippen LogP) is 4.69. The number of hydrogen-bond acceptors (Lipinski definition) is 4. The Kier molecular flexibility index (Phi) is 6.18. The zero-order chi connectivity index (χ0) is 20.4. The van der Waals surface area contributed by atoms with Crippen molar-refractivity contribution in [3.8, 4) is 0 Å². The molecule has 1 saturated heterocycles. The minimum Gasteiger partial charge on any atom is -0.338 e. The van der Waals surface area contributed by atoms with Gasteiger partial charge in [-0.25, -0.2) is 4.98 Å². The van der Waals surface area contributed by atoms with Crippen molar-refractivity contribution in [1.82, 2.24) is 9.88 Å². The highest BCUT2D eigenvalue weighted by molar-refractivity contribution is 7.13. The first-order chi connectivity index (χ1) is 13.3. The second-order valence-corrected chi connectivity index (χ2v) is 9.10. The average Bonchev–Trinajstić information content (AvgIpc) is 3.03. The summed E-state index contributed by atoms with van der Waals surface area (Å²) in [4.78, 5) is 32.8. The fourth-order valence-corrected chi connectivity index (χ4v) is 4.79. The van der Waals surface area contributed by atoms with Crippen molar-refractivity contribution in [3.05, 3.63) is 44.9 Å². The van der Waals surface area contributed by atoms with Crippen molar-refractivity contribution in [2.45, 2.75) is 47.5 Å². The minimum atomic E-state index is -0.164. The SMILES string of the molecule is CCc1nc(C)c(C(=O)Nc2cc(C(=O)N3CC(C)CC(C)C3)ccc2C)s1. The molecule has 1 aromatic heterocycles. The number of nitrogens with zero attached hydrogens (tertiary/aromatic N) is 2. The standard InChI is InChI=1S/C22H29N3O2S/c1-6-19-23-16(5)20(28-19)21(26)24-18-10-17(8-7-15(18)4)22(27)25-11-13(2)9-14(3)12-25/h7-8,10,13-14H,6,9,11-12H2,1-5H3,(H,24,26). The van der Waals surface area contributed by atoms with E-state index >= 15 is 0 Å². The van der Waals surface area contributed by atoms with Gasteiger partial charge in [0.05, 0.1) is 10.7 Å². The van der Waals surface area contributed by atoms with Crippen LogP contribution in [0, 0.1) is 25.7 Å². The molecule has 2 amide bonds. The molecule has 2 aromatic rings. The molecule has 6 heteroatoms. The Labute approximate surface area is 171 Å². The maximum Gasteiger partial charge on any atom is 0.267 e. The molecule has 0 spiro atoms. The maximum absolute atomic E-state index is 13.0. The number of anilines is 1. The average molecular weight is 400 g/mol. The van der Waals surface area contributed by atoms with Gasteiger partial charge in [0, 0.05) is 24.3 Å². The smallest absolute Gasteiger partial charge is 0.267 e. The van der Waals surface area contributed by atoms with Gasteiger partial charge in [0.25, 0.3) is 11.8 Å². The van der Waals surface area contributed by atoms with E-state index < -0.39 is 0 Å². The Morgan fingerprint density at radius 1 is 1.21 bits per heavy atom. The van der Waals surface area contributed by atoms with Gasteiger partial charge in [0.2, 0.25) is 0 Å². The van der Waals surface area contributed by atoms with Gasteiger partial charge in [-0.3, -0.25) is 9.59 Å². The number of thiazole rings is 1. The number of hydrogen-bond donors (Lipinski definition) is 1. The van der Waals surface area contributed by atoms with Crippen LogP contribution in [0.2, 0.25) is 0 Å². The number of carbonyl (C=O) groups excluding carboxylic acids is 2. The van der Waals surface area contributed by atoms with Crippen molar-refractivity contribution >= 4 is 28.8 Å². The van der Waals surface area contributed by atoms with Gasteiger partial charge in [0.1, 0.15) is 4.88 Å². The van der Waals surface area contributed by atoms with Crippen molar-refractivity contribution in [2.75, 3.05) is 18.4 Å². The first-order valence-corrected chi connectivity index (χ1v) is 10.8. The molecule has 2 atom stereocenters. The summed E-state index contributed by atoms with van der Waals surface area (Å²) in [5.41, 5.74) is 2.99. The van der Waals surface area contributed by atoms with E-state index in [0.717, 1.165) is 42.2 Å². The van der Waals surface area contributed by atoms with E-state index in [1.807, 2.05) is 37.8 Å².